The number of methoxy groups -OCH3 is 1. The van der Waals surface area contributed by atoms with E-state index in [4.69, 9.17) is 9.47 Å². The number of hydrogen-bond acceptors (Lipinski definition) is 3. The van der Waals surface area contributed by atoms with Crippen LogP contribution in [-0.4, -0.2) is 12.2 Å². The number of hydrogen-bond donors (Lipinski definition) is 1. The van der Waals surface area contributed by atoms with Gasteiger partial charge in [-0.2, -0.15) is 0 Å². The van der Waals surface area contributed by atoms with E-state index in [-0.39, 0.29) is 5.75 Å². The Balaban J connectivity index is 2.40. The molecule has 5 heteroatoms. The second kappa shape index (κ2) is 5.88. The topological polar surface area (TPSA) is 38.7 Å². The molecule has 0 aliphatic rings. The second-order valence-corrected chi connectivity index (χ2v) is 4.23. The van der Waals surface area contributed by atoms with Gasteiger partial charge in [0.05, 0.1) is 18.8 Å². The van der Waals surface area contributed by atoms with Gasteiger partial charge >= 0.3 is 0 Å². The first-order chi connectivity index (χ1) is 9.52. The van der Waals surface area contributed by atoms with E-state index in [2.05, 4.69) is 0 Å². The van der Waals surface area contributed by atoms with Gasteiger partial charge in [0.25, 0.3) is 0 Å². The summed E-state index contributed by atoms with van der Waals surface area (Å²) in [7, 11) is 1.47. The molecule has 2 aromatic rings. The molecule has 20 heavy (non-hydrogen) atoms. The molecule has 0 aliphatic heterocycles. The summed E-state index contributed by atoms with van der Waals surface area (Å²) in [6.45, 7) is 1.57. The quantitative estimate of drug-likeness (QED) is 0.925. The van der Waals surface area contributed by atoms with E-state index in [9.17, 15) is 13.9 Å². The van der Waals surface area contributed by atoms with Crippen molar-refractivity contribution >= 4 is 0 Å². The van der Waals surface area contributed by atoms with Gasteiger partial charge in [0, 0.05) is 6.07 Å². The fourth-order valence-electron chi connectivity index (χ4n) is 1.87. The van der Waals surface area contributed by atoms with Crippen LogP contribution in [0.4, 0.5) is 8.78 Å². The highest BCUT2D eigenvalue weighted by atomic mass is 19.2. The zero-order chi connectivity index (χ0) is 14.7. The monoisotopic (exact) mass is 280 g/mol. The lowest BCUT2D eigenvalue weighted by atomic mass is 10.1. The van der Waals surface area contributed by atoms with E-state index in [1.807, 2.05) is 0 Å². The Kier molecular flexibility index (Phi) is 4.20. The highest BCUT2D eigenvalue weighted by Crippen LogP contribution is 2.36. The Hall–Kier alpha value is -2.14. The fourth-order valence-corrected chi connectivity index (χ4v) is 1.87. The van der Waals surface area contributed by atoms with E-state index < -0.39 is 17.7 Å². The standard InChI is InChI=1S/C15H14F2O3/c1-9(18)15-13(19-2)4-3-5-14(15)20-10-6-7-11(16)12(17)8-10/h3-9,18H,1-2H3. The van der Waals surface area contributed by atoms with Gasteiger partial charge in [-0.25, -0.2) is 8.78 Å². The molecule has 106 valence electrons. The molecule has 0 aliphatic carbocycles. The Labute approximate surface area is 115 Å². The van der Waals surface area contributed by atoms with Crippen LogP contribution in [0, 0.1) is 11.6 Å². The van der Waals surface area contributed by atoms with E-state index >= 15 is 0 Å². The van der Waals surface area contributed by atoms with Crippen molar-refractivity contribution in [2.24, 2.45) is 0 Å². The minimum Gasteiger partial charge on any atom is -0.496 e. The largest absolute Gasteiger partial charge is 0.496 e. The van der Waals surface area contributed by atoms with Crippen LogP contribution in [0.2, 0.25) is 0 Å². The Morgan fingerprint density at radius 2 is 1.75 bits per heavy atom. The summed E-state index contributed by atoms with van der Waals surface area (Å²) in [5.74, 6) is -1.02. The molecule has 0 saturated heterocycles. The first-order valence-corrected chi connectivity index (χ1v) is 6.00. The average Bonchev–Trinajstić information content (AvgIpc) is 2.42. The minimum atomic E-state index is -0.996. The van der Waals surface area contributed by atoms with Crippen molar-refractivity contribution in [2.75, 3.05) is 7.11 Å². The third-order valence-corrected chi connectivity index (χ3v) is 2.78. The third kappa shape index (κ3) is 2.88. The Morgan fingerprint density at radius 3 is 2.35 bits per heavy atom. The van der Waals surface area contributed by atoms with Gasteiger partial charge < -0.3 is 14.6 Å². The van der Waals surface area contributed by atoms with Gasteiger partial charge in [0.15, 0.2) is 11.6 Å². The van der Waals surface area contributed by atoms with Crippen LogP contribution in [0.1, 0.15) is 18.6 Å². The number of benzene rings is 2. The molecule has 0 fully saturated rings. The molecule has 0 saturated carbocycles. The first-order valence-electron chi connectivity index (χ1n) is 6.00. The summed E-state index contributed by atoms with van der Waals surface area (Å²) < 4.78 is 36.7. The highest BCUT2D eigenvalue weighted by Gasteiger charge is 2.16. The highest BCUT2D eigenvalue weighted by molar-refractivity contribution is 5.48. The molecule has 3 nitrogen and oxygen atoms in total. The van der Waals surface area contributed by atoms with Crippen LogP contribution in [0.25, 0.3) is 0 Å². The zero-order valence-corrected chi connectivity index (χ0v) is 11.1. The number of rotatable bonds is 4. The maximum absolute atomic E-state index is 13.2. The lowest BCUT2D eigenvalue weighted by Gasteiger charge is -2.16. The molecule has 1 N–H and O–H groups in total. The minimum absolute atomic E-state index is 0.138. The normalized spacial score (nSPS) is 12.1. The van der Waals surface area contributed by atoms with Crippen molar-refractivity contribution in [3.63, 3.8) is 0 Å². The van der Waals surface area contributed by atoms with Gasteiger partial charge in [0.1, 0.15) is 17.2 Å². The summed E-state index contributed by atoms with van der Waals surface area (Å²) in [6, 6.07) is 8.21. The van der Waals surface area contributed by atoms with Crippen molar-refractivity contribution in [1.82, 2.24) is 0 Å². The van der Waals surface area contributed by atoms with Crippen molar-refractivity contribution in [1.29, 1.82) is 0 Å². The van der Waals surface area contributed by atoms with E-state index in [1.165, 1.54) is 13.2 Å². The molecule has 0 spiro atoms. The van der Waals surface area contributed by atoms with Crippen molar-refractivity contribution < 1.29 is 23.4 Å². The van der Waals surface area contributed by atoms with E-state index in [1.54, 1.807) is 25.1 Å². The number of aliphatic hydroxyl groups excluding tert-OH is 1. The van der Waals surface area contributed by atoms with Gasteiger partial charge in [-0.05, 0) is 31.2 Å². The van der Waals surface area contributed by atoms with Gasteiger partial charge in [0.2, 0.25) is 0 Å². The maximum atomic E-state index is 13.2. The van der Waals surface area contributed by atoms with Crippen molar-refractivity contribution in [3.8, 4) is 17.2 Å². The molecule has 1 atom stereocenters. The van der Waals surface area contributed by atoms with Crippen LogP contribution >= 0.6 is 0 Å². The molecular formula is C15H14F2O3. The Bertz CT molecular complexity index is 612. The van der Waals surface area contributed by atoms with Crippen molar-refractivity contribution in [2.45, 2.75) is 13.0 Å². The summed E-state index contributed by atoms with van der Waals surface area (Å²) in [4.78, 5) is 0. The SMILES string of the molecule is COc1cccc(Oc2ccc(F)c(F)c2)c1C(C)O. The first kappa shape index (κ1) is 14.3. The molecule has 1 unspecified atom stereocenters. The molecule has 0 amide bonds. The third-order valence-electron chi connectivity index (χ3n) is 2.78. The Morgan fingerprint density at radius 1 is 1.05 bits per heavy atom. The summed E-state index contributed by atoms with van der Waals surface area (Å²) in [5.41, 5.74) is 0.444. The molecule has 0 bridgehead atoms. The number of halogens is 2. The predicted molar refractivity (Wildman–Crippen MR) is 70.1 cm³/mol. The molecule has 0 radical (unpaired) electrons. The van der Waals surface area contributed by atoms with Crippen LogP contribution in [0.5, 0.6) is 17.2 Å². The summed E-state index contributed by atoms with van der Waals surface area (Å²) >= 11 is 0. The van der Waals surface area contributed by atoms with Gasteiger partial charge in [-0.15, -0.1) is 0 Å². The average molecular weight is 280 g/mol. The molecular weight excluding hydrogens is 266 g/mol. The van der Waals surface area contributed by atoms with Gasteiger partial charge in [-0.1, -0.05) is 6.07 Å². The van der Waals surface area contributed by atoms with Crippen LogP contribution in [0.3, 0.4) is 0 Å². The predicted octanol–water partition coefficient (Wildman–Crippen LogP) is 3.82. The smallest absolute Gasteiger partial charge is 0.162 e. The summed E-state index contributed by atoms with van der Waals surface area (Å²) in [6.07, 6.45) is -0.827. The van der Waals surface area contributed by atoms with Crippen LogP contribution in [-0.2, 0) is 0 Å². The lowest BCUT2D eigenvalue weighted by molar-refractivity contribution is 0.190. The van der Waals surface area contributed by atoms with Crippen LogP contribution < -0.4 is 9.47 Å². The number of aliphatic hydroxyl groups is 1. The lowest BCUT2D eigenvalue weighted by Crippen LogP contribution is -2.00. The maximum Gasteiger partial charge on any atom is 0.162 e. The molecule has 2 rings (SSSR count). The molecule has 0 heterocycles. The van der Waals surface area contributed by atoms with Crippen LogP contribution in [0.15, 0.2) is 36.4 Å². The fraction of sp³-hybridized carbons (Fsp3) is 0.200. The second-order valence-electron chi connectivity index (χ2n) is 4.23. The van der Waals surface area contributed by atoms with E-state index in [0.29, 0.717) is 17.1 Å². The molecule has 0 aromatic heterocycles. The van der Waals surface area contributed by atoms with E-state index in [0.717, 1.165) is 12.1 Å². The summed E-state index contributed by atoms with van der Waals surface area (Å²) in [5, 5.41) is 9.80. The zero-order valence-electron chi connectivity index (χ0n) is 11.1. The van der Waals surface area contributed by atoms with Crippen molar-refractivity contribution in [3.05, 3.63) is 53.6 Å². The molecule has 2 aromatic carbocycles. The van der Waals surface area contributed by atoms with Gasteiger partial charge in [-0.3, -0.25) is 0 Å². The number of ether oxygens (including phenoxy) is 2.